The van der Waals surface area contributed by atoms with E-state index in [2.05, 4.69) is 9.97 Å². The van der Waals surface area contributed by atoms with Gasteiger partial charge < -0.3 is 0 Å². The summed E-state index contributed by atoms with van der Waals surface area (Å²) < 4.78 is 37.4. The number of rotatable bonds is 1. The molecule has 17 heavy (non-hydrogen) atoms. The van der Waals surface area contributed by atoms with Gasteiger partial charge in [-0.2, -0.15) is 13.2 Å². The van der Waals surface area contributed by atoms with Crippen LogP contribution in [0, 0.1) is 0 Å². The molecule has 0 atom stereocenters. The van der Waals surface area contributed by atoms with E-state index >= 15 is 0 Å². The monoisotopic (exact) mass is 258 g/mol. The van der Waals surface area contributed by atoms with Crippen molar-refractivity contribution in [1.29, 1.82) is 0 Å². The highest BCUT2D eigenvalue weighted by Crippen LogP contribution is 2.31. The first-order chi connectivity index (χ1) is 7.98. The first-order valence-electron chi connectivity index (χ1n) is 4.62. The Bertz CT molecular complexity index is 540. The molecule has 0 radical (unpaired) electrons. The van der Waals surface area contributed by atoms with Gasteiger partial charge in [-0.25, -0.2) is 9.97 Å². The summed E-state index contributed by atoms with van der Waals surface area (Å²) in [5, 5.41) is 0.347. The lowest BCUT2D eigenvalue weighted by molar-refractivity contribution is -0.141. The van der Waals surface area contributed by atoms with Crippen LogP contribution in [0.4, 0.5) is 13.2 Å². The molecule has 1 aromatic carbocycles. The minimum atomic E-state index is -4.49. The van der Waals surface area contributed by atoms with Crippen LogP contribution in [-0.4, -0.2) is 9.97 Å². The van der Waals surface area contributed by atoms with E-state index in [4.69, 9.17) is 11.6 Å². The van der Waals surface area contributed by atoms with E-state index in [1.165, 1.54) is 0 Å². The molecule has 0 spiro atoms. The van der Waals surface area contributed by atoms with Gasteiger partial charge in [0.15, 0.2) is 0 Å². The number of benzene rings is 1. The third kappa shape index (κ3) is 2.55. The normalized spacial score (nSPS) is 11.5. The van der Waals surface area contributed by atoms with E-state index in [9.17, 15) is 13.2 Å². The Balaban J connectivity index is 2.51. The second-order valence-electron chi connectivity index (χ2n) is 3.27. The molecule has 6 heteroatoms. The summed E-state index contributed by atoms with van der Waals surface area (Å²) in [5.74, 6) is 0. The van der Waals surface area contributed by atoms with Gasteiger partial charge in [-0.1, -0.05) is 29.8 Å². The zero-order chi connectivity index (χ0) is 12.5. The van der Waals surface area contributed by atoms with Gasteiger partial charge in [-0.3, -0.25) is 0 Å². The van der Waals surface area contributed by atoms with Crippen LogP contribution >= 0.6 is 11.6 Å². The van der Waals surface area contributed by atoms with Crippen molar-refractivity contribution in [3.05, 3.63) is 47.4 Å². The van der Waals surface area contributed by atoms with E-state index in [1.807, 2.05) is 0 Å². The maximum absolute atomic E-state index is 12.5. The van der Waals surface area contributed by atoms with Crippen molar-refractivity contribution >= 4 is 11.6 Å². The summed E-state index contributed by atoms with van der Waals surface area (Å²) >= 11 is 5.88. The van der Waals surface area contributed by atoms with Gasteiger partial charge in [0.05, 0.1) is 5.69 Å². The fraction of sp³-hybridized carbons (Fsp3) is 0.0909. The summed E-state index contributed by atoms with van der Waals surface area (Å²) in [7, 11) is 0. The number of nitrogens with zero attached hydrogens (tertiary/aromatic N) is 2. The molecule has 0 aliphatic rings. The van der Waals surface area contributed by atoms with Crippen molar-refractivity contribution in [1.82, 2.24) is 9.97 Å². The van der Waals surface area contributed by atoms with Crippen LogP contribution in [-0.2, 0) is 6.18 Å². The topological polar surface area (TPSA) is 25.8 Å². The van der Waals surface area contributed by atoms with Crippen molar-refractivity contribution in [3.63, 3.8) is 0 Å². The molecule has 2 rings (SSSR count). The molecule has 1 aromatic heterocycles. The van der Waals surface area contributed by atoms with Gasteiger partial charge in [-0.05, 0) is 12.1 Å². The average Bonchev–Trinajstić information content (AvgIpc) is 2.29. The van der Waals surface area contributed by atoms with Crippen molar-refractivity contribution in [2.24, 2.45) is 0 Å². The Hall–Kier alpha value is -1.62. The summed E-state index contributed by atoms with van der Waals surface area (Å²) in [6, 6.07) is 7.44. The average molecular weight is 259 g/mol. The predicted octanol–water partition coefficient (Wildman–Crippen LogP) is 3.82. The number of aromatic nitrogens is 2. The van der Waals surface area contributed by atoms with E-state index in [1.54, 1.807) is 24.3 Å². The van der Waals surface area contributed by atoms with E-state index in [-0.39, 0.29) is 5.69 Å². The van der Waals surface area contributed by atoms with Gasteiger partial charge in [0.2, 0.25) is 0 Å². The van der Waals surface area contributed by atoms with Crippen LogP contribution in [0.5, 0.6) is 0 Å². The summed E-state index contributed by atoms with van der Waals surface area (Å²) in [6.45, 7) is 0. The van der Waals surface area contributed by atoms with Gasteiger partial charge in [0.1, 0.15) is 12.0 Å². The molecular weight excluding hydrogens is 253 g/mol. The Morgan fingerprint density at radius 1 is 1.06 bits per heavy atom. The molecule has 0 aliphatic carbocycles. The summed E-state index contributed by atoms with van der Waals surface area (Å²) in [4.78, 5) is 6.98. The summed E-state index contributed by atoms with van der Waals surface area (Å²) in [6.07, 6.45) is -3.61. The zero-order valence-corrected chi connectivity index (χ0v) is 9.13. The maximum Gasteiger partial charge on any atom is 0.433 e. The second kappa shape index (κ2) is 4.33. The van der Waals surface area contributed by atoms with Crippen LogP contribution in [0.3, 0.4) is 0 Å². The summed E-state index contributed by atoms with van der Waals surface area (Å²) in [5.41, 5.74) is -0.387. The SMILES string of the molecule is FC(F)(F)c1cc(-c2ccccc2Cl)ncn1. The number of alkyl halides is 3. The van der Waals surface area contributed by atoms with Gasteiger partial charge >= 0.3 is 6.18 Å². The highest BCUT2D eigenvalue weighted by molar-refractivity contribution is 6.33. The van der Waals surface area contributed by atoms with E-state index in [0.717, 1.165) is 12.4 Å². The molecule has 0 amide bonds. The Kier molecular flexibility index (Phi) is 3.02. The standard InChI is InChI=1S/C11H6ClF3N2/c12-8-4-2-1-3-7(8)9-5-10(11(13,14)15)17-6-16-9/h1-6H. The third-order valence-electron chi connectivity index (χ3n) is 2.11. The van der Waals surface area contributed by atoms with E-state index in [0.29, 0.717) is 10.6 Å². The van der Waals surface area contributed by atoms with Gasteiger partial charge in [-0.15, -0.1) is 0 Å². The molecular formula is C11H6ClF3N2. The van der Waals surface area contributed by atoms with Crippen LogP contribution in [0.1, 0.15) is 5.69 Å². The Morgan fingerprint density at radius 3 is 2.41 bits per heavy atom. The maximum atomic E-state index is 12.5. The zero-order valence-electron chi connectivity index (χ0n) is 8.37. The Labute approximate surface area is 100 Å². The third-order valence-corrected chi connectivity index (χ3v) is 2.44. The minimum absolute atomic E-state index is 0.151. The molecule has 0 unspecified atom stereocenters. The van der Waals surface area contributed by atoms with Crippen molar-refractivity contribution < 1.29 is 13.2 Å². The molecule has 0 fully saturated rings. The molecule has 0 N–H and O–H groups in total. The van der Waals surface area contributed by atoms with Crippen molar-refractivity contribution in [2.45, 2.75) is 6.18 Å². The first kappa shape index (κ1) is 11.9. The molecule has 0 saturated carbocycles. The molecule has 0 saturated heterocycles. The lowest BCUT2D eigenvalue weighted by Crippen LogP contribution is -2.08. The van der Waals surface area contributed by atoms with Crippen LogP contribution < -0.4 is 0 Å². The van der Waals surface area contributed by atoms with Crippen LogP contribution in [0.15, 0.2) is 36.7 Å². The molecule has 88 valence electrons. The first-order valence-corrected chi connectivity index (χ1v) is 5.00. The highest BCUT2D eigenvalue weighted by atomic mass is 35.5. The lowest BCUT2D eigenvalue weighted by atomic mass is 10.1. The Morgan fingerprint density at radius 2 is 1.76 bits per heavy atom. The van der Waals surface area contributed by atoms with Crippen molar-refractivity contribution in [2.75, 3.05) is 0 Å². The van der Waals surface area contributed by atoms with Gasteiger partial charge in [0.25, 0.3) is 0 Å². The number of hydrogen-bond acceptors (Lipinski definition) is 2. The quantitative estimate of drug-likeness (QED) is 0.777. The molecule has 0 aliphatic heterocycles. The van der Waals surface area contributed by atoms with Crippen LogP contribution in [0.2, 0.25) is 5.02 Å². The predicted molar refractivity (Wildman–Crippen MR) is 57.5 cm³/mol. The van der Waals surface area contributed by atoms with Crippen LogP contribution in [0.25, 0.3) is 11.3 Å². The largest absolute Gasteiger partial charge is 0.433 e. The fourth-order valence-corrected chi connectivity index (χ4v) is 1.56. The highest BCUT2D eigenvalue weighted by Gasteiger charge is 2.32. The number of halogens is 4. The van der Waals surface area contributed by atoms with Crippen molar-refractivity contribution in [3.8, 4) is 11.3 Å². The van der Waals surface area contributed by atoms with Gasteiger partial charge in [0, 0.05) is 10.6 Å². The second-order valence-corrected chi connectivity index (χ2v) is 3.67. The smallest absolute Gasteiger partial charge is 0.236 e. The van der Waals surface area contributed by atoms with E-state index < -0.39 is 11.9 Å². The molecule has 2 nitrogen and oxygen atoms in total. The molecule has 0 bridgehead atoms. The molecule has 1 heterocycles. The minimum Gasteiger partial charge on any atom is -0.236 e. The number of hydrogen-bond donors (Lipinski definition) is 0. The molecule has 2 aromatic rings. The fourth-order valence-electron chi connectivity index (χ4n) is 1.33. The lowest BCUT2D eigenvalue weighted by Gasteiger charge is -2.07.